The van der Waals surface area contributed by atoms with Gasteiger partial charge in [0.2, 0.25) is 0 Å². The van der Waals surface area contributed by atoms with Crippen molar-refractivity contribution < 1.29 is 5.11 Å². The van der Waals surface area contributed by atoms with E-state index >= 15 is 0 Å². The molecule has 1 fully saturated rings. The molecule has 2 N–H and O–H groups in total. The van der Waals surface area contributed by atoms with Gasteiger partial charge < -0.3 is 10.4 Å². The van der Waals surface area contributed by atoms with Crippen LogP contribution in [0.5, 0.6) is 0 Å². The first-order valence-corrected chi connectivity index (χ1v) is 4.96. The minimum atomic E-state index is -0.00231. The minimum Gasteiger partial charge on any atom is -0.394 e. The molecule has 1 saturated carbocycles. The Hall–Kier alpha value is -0.0800. The summed E-state index contributed by atoms with van der Waals surface area (Å²) < 4.78 is 0. The molecule has 72 valence electrons. The van der Waals surface area contributed by atoms with E-state index in [0.29, 0.717) is 5.92 Å². The van der Waals surface area contributed by atoms with Gasteiger partial charge in [-0.2, -0.15) is 0 Å². The van der Waals surface area contributed by atoms with Crippen LogP contribution in [0.15, 0.2) is 0 Å². The topological polar surface area (TPSA) is 32.3 Å². The van der Waals surface area contributed by atoms with Gasteiger partial charge in [0.15, 0.2) is 0 Å². The molecule has 2 heteroatoms. The first-order chi connectivity index (χ1) is 5.66. The van der Waals surface area contributed by atoms with Gasteiger partial charge >= 0.3 is 0 Å². The molecular weight excluding hydrogens is 150 g/mol. The van der Waals surface area contributed by atoms with Crippen LogP contribution in [-0.4, -0.2) is 24.3 Å². The number of nitrogens with one attached hydrogen (secondary N) is 1. The summed E-state index contributed by atoms with van der Waals surface area (Å²) >= 11 is 0. The molecule has 3 atom stereocenters. The molecule has 1 aliphatic carbocycles. The molecule has 0 radical (unpaired) electrons. The number of aliphatic hydroxyl groups is 1. The standard InChI is InChI=1S/C10H21NO/c1-8-5-4-6-10(7-12,11-3)9(8)2/h8-9,11-12H,4-7H2,1-3H3. The zero-order valence-electron chi connectivity index (χ0n) is 8.43. The lowest BCUT2D eigenvalue weighted by Gasteiger charge is -2.44. The van der Waals surface area contributed by atoms with Crippen molar-refractivity contribution in [1.82, 2.24) is 5.32 Å². The van der Waals surface area contributed by atoms with E-state index in [9.17, 15) is 5.11 Å². The van der Waals surface area contributed by atoms with Crippen molar-refractivity contribution in [1.29, 1.82) is 0 Å². The Balaban J connectivity index is 2.71. The SMILES string of the molecule is CNC1(CO)CCCC(C)C1C. The van der Waals surface area contributed by atoms with Crippen LogP contribution in [-0.2, 0) is 0 Å². The quantitative estimate of drug-likeness (QED) is 0.658. The highest BCUT2D eigenvalue weighted by atomic mass is 16.3. The molecule has 0 spiro atoms. The van der Waals surface area contributed by atoms with Crippen LogP contribution in [0.1, 0.15) is 33.1 Å². The summed E-state index contributed by atoms with van der Waals surface area (Å²) in [5.74, 6) is 1.32. The van der Waals surface area contributed by atoms with Crippen LogP contribution >= 0.6 is 0 Å². The van der Waals surface area contributed by atoms with Crippen molar-refractivity contribution in [2.45, 2.75) is 38.6 Å². The summed E-state index contributed by atoms with van der Waals surface area (Å²) in [7, 11) is 1.96. The Kier molecular flexibility index (Phi) is 3.13. The van der Waals surface area contributed by atoms with Crippen LogP contribution in [0.3, 0.4) is 0 Å². The smallest absolute Gasteiger partial charge is 0.0615 e. The Morgan fingerprint density at radius 1 is 1.50 bits per heavy atom. The number of hydrogen-bond acceptors (Lipinski definition) is 2. The molecule has 1 aliphatic rings. The lowest BCUT2D eigenvalue weighted by Crippen LogP contribution is -2.55. The zero-order valence-corrected chi connectivity index (χ0v) is 8.43. The third-order valence-corrected chi connectivity index (χ3v) is 3.79. The third kappa shape index (κ3) is 1.50. The number of rotatable bonds is 2. The van der Waals surface area contributed by atoms with Crippen LogP contribution in [0, 0.1) is 11.8 Å². The molecular formula is C10H21NO. The predicted octanol–water partition coefficient (Wildman–Crippen LogP) is 1.39. The van der Waals surface area contributed by atoms with Crippen molar-refractivity contribution in [3.63, 3.8) is 0 Å². The van der Waals surface area contributed by atoms with E-state index in [1.165, 1.54) is 12.8 Å². The van der Waals surface area contributed by atoms with E-state index in [-0.39, 0.29) is 12.1 Å². The van der Waals surface area contributed by atoms with E-state index in [4.69, 9.17) is 0 Å². The highest BCUT2D eigenvalue weighted by molar-refractivity contribution is 4.96. The monoisotopic (exact) mass is 171 g/mol. The minimum absolute atomic E-state index is 0.00231. The van der Waals surface area contributed by atoms with Gasteiger partial charge in [-0.25, -0.2) is 0 Å². The van der Waals surface area contributed by atoms with Crippen LogP contribution in [0.2, 0.25) is 0 Å². The molecule has 1 rings (SSSR count). The summed E-state index contributed by atoms with van der Waals surface area (Å²) in [5, 5.41) is 12.7. The van der Waals surface area contributed by atoms with Gasteiger partial charge in [0.1, 0.15) is 0 Å². The van der Waals surface area contributed by atoms with Gasteiger partial charge in [0.05, 0.1) is 6.61 Å². The number of likely N-dealkylation sites (N-methyl/N-ethyl adjacent to an activating group) is 1. The maximum absolute atomic E-state index is 9.37. The highest BCUT2D eigenvalue weighted by Gasteiger charge is 2.39. The second-order valence-electron chi connectivity index (χ2n) is 4.22. The Labute approximate surface area is 75.4 Å². The molecule has 0 saturated heterocycles. The average Bonchev–Trinajstić information content (AvgIpc) is 2.11. The first-order valence-electron chi connectivity index (χ1n) is 4.96. The number of aliphatic hydroxyl groups excluding tert-OH is 1. The summed E-state index contributed by atoms with van der Waals surface area (Å²) in [6.07, 6.45) is 3.67. The lowest BCUT2D eigenvalue weighted by molar-refractivity contribution is 0.0515. The van der Waals surface area contributed by atoms with E-state index in [1.54, 1.807) is 0 Å². The first kappa shape index (κ1) is 10.0. The molecule has 0 bridgehead atoms. The zero-order chi connectivity index (χ0) is 9.19. The fourth-order valence-corrected chi connectivity index (χ4v) is 2.42. The Morgan fingerprint density at radius 3 is 2.58 bits per heavy atom. The van der Waals surface area contributed by atoms with Gasteiger partial charge in [-0.15, -0.1) is 0 Å². The van der Waals surface area contributed by atoms with Gasteiger partial charge in [0, 0.05) is 5.54 Å². The van der Waals surface area contributed by atoms with Crippen molar-refractivity contribution >= 4 is 0 Å². The molecule has 12 heavy (non-hydrogen) atoms. The molecule has 0 aromatic rings. The molecule has 0 aromatic carbocycles. The summed E-state index contributed by atoms with van der Waals surface area (Å²) in [6, 6.07) is 0. The van der Waals surface area contributed by atoms with Gasteiger partial charge in [-0.1, -0.05) is 26.7 Å². The second-order valence-corrected chi connectivity index (χ2v) is 4.22. The van der Waals surface area contributed by atoms with Gasteiger partial charge in [0.25, 0.3) is 0 Å². The number of hydrogen-bond donors (Lipinski definition) is 2. The van der Waals surface area contributed by atoms with E-state index in [1.807, 2.05) is 7.05 Å². The van der Waals surface area contributed by atoms with Gasteiger partial charge in [-0.3, -0.25) is 0 Å². The lowest BCUT2D eigenvalue weighted by atomic mass is 9.69. The normalized spacial score (nSPS) is 43.0. The fourth-order valence-electron chi connectivity index (χ4n) is 2.42. The highest BCUT2D eigenvalue weighted by Crippen LogP contribution is 2.36. The maximum atomic E-state index is 9.37. The molecule has 0 amide bonds. The molecule has 0 aromatic heterocycles. The Bertz CT molecular complexity index is 143. The van der Waals surface area contributed by atoms with Crippen molar-refractivity contribution in [2.24, 2.45) is 11.8 Å². The summed E-state index contributed by atoms with van der Waals surface area (Å²) in [6.45, 7) is 4.80. The van der Waals surface area contributed by atoms with Crippen molar-refractivity contribution in [2.75, 3.05) is 13.7 Å². The maximum Gasteiger partial charge on any atom is 0.0615 e. The average molecular weight is 171 g/mol. The molecule has 0 heterocycles. The molecule has 0 aliphatic heterocycles. The van der Waals surface area contributed by atoms with E-state index in [0.717, 1.165) is 12.3 Å². The summed E-state index contributed by atoms with van der Waals surface area (Å²) in [4.78, 5) is 0. The van der Waals surface area contributed by atoms with Crippen LogP contribution in [0.25, 0.3) is 0 Å². The molecule has 2 nitrogen and oxygen atoms in total. The van der Waals surface area contributed by atoms with Crippen molar-refractivity contribution in [3.05, 3.63) is 0 Å². The van der Waals surface area contributed by atoms with Gasteiger partial charge in [-0.05, 0) is 25.3 Å². The predicted molar refractivity (Wildman–Crippen MR) is 51.1 cm³/mol. The van der Waals surface area contributed by atoms with Crippen LogP contribution < -0.4 is 5.32 Å². The third-order valence-electron chi connectivity index (χ3n) is 3.79. The molecule has 3 unspecified atom stereocenters. The fraction of sp³-hybridized carbons (Fsp3) is 1.00. The Morgan fingerprint density at radius 2 is 2.17 bits per heavy atom. The van der Waals surface area contributed by atoms with Crippen LogP contribution in [0.4, 0.5) is 0 Å². The largest absolute Gasteiger partial charge is 0.394 e. The van der Waals surface area contributed by atoms with E-state index in [2.05, 4.69) is 19.2 Å². The van der Waals surface area contributed by atoms with E-state index < -0.39 is 0 Å². The summed E-state index contributed by atoms with van der Waals surface area (Å²) in [5.41, 5.74) is -0.00231. The second kappa shape index (κ2) is 3.75. The van der Waals surface area contributed by atoms with Crippen molar-refractivity contribution in [3.8, 4) is 0 Å².